The van der Waals surface area contributed by atoms with Gasteiger partial charge in [-0.25, -0.2) is 0 Å². The van der Waals surface area contributed by atoms with Crippen LogP contribution in [-0.2, 0) is 4.79 Å². The number of para-hydroxylation sites is 1. The second kappa shape index (κ2) is 20.0. The fourth-order valence-electron chi connectivity index (χ4n) is 3.01. The Morgan fingerprint density at radius 2 is 1.30 bits per heavy atom. The van der Waals surface area contributed by atoms with E-state index in [9.17, 15) is 4.79 Å². The summed E-state index contributed by atoms with van der Waals surface area (Å²) in [5, 5.41) is 0. The van der Waals surface area contributed by atoms with E-state index < -0.39 is 0 Å². The summed E-state index contributed by atoms with van der Waals surface area (Å²) in [6.45, 7) is 2.27. The number of carbonyl (C=O) groups excluding carboxylic acids is 1. The summed E-state index contributed by atoms with van der Waals surface area (Å²) < 4.78 is 5.29. The third kappa shape index (κ3) is 17.1. The van der Waals surface area contributed by atoms with Gasteiger partial charge in [-0.05, 0) is 44.2 Å². The molecule has 1 rings (SSSR count). The van der Waals surface area contributed by atoms with Gasteiger partial charge in [-0.15, -0.1) is 0 Å². The first-order chi connectivity index (χ1) is 12.8. The van der Waals surface area contributed by atoms with Gasteiger partial charge in [0.2, 0.25) is 0 Å². The Morgan fingerprint density at radius 1 is 0.778 bits per heavy atom. The molecule has 0 N–H and O–H groups in total. The summed E-state index contributed by atoms with van der Waals surface area (Å²) in [6, 6.07) is 9.31. The van der Waals surface area contributed by atoms with Gasteiger partial charge in [0.1, 0.15) is 5.75 Å². The molecule has 0 aliphatic rings. The predicted octanol–water partition coefficient (Wildman–Crippen LogP) is 6.71. The first-order valence-corrected chi connectivity index (χ1v) is 10.7. The van der Waals surface area contributed by atoms with Crippen molar-refractivity contribution >= 4 is 29.9 Å². The third-order valence-corrected chi connectivity index (χ3v) is 4.62. The van der Waals surface area contributed by atoms with Gasteiger partial charge < -0.3 is 4.74 Å². The molecule has 3 heteroatoms. The van der Waals surface area contributed by atoms with Crippen molar-refractivity contribution in [2.75, 3.05) is 0 Å². The molecule has 0 aromatic heterocycles. The molecule has 152 valence electrons. The van der Waals surface area contributed by atoms with Crippen LogP contribution in [0.4, 0.5) is 0 Å². The Hall–Kier alpha value is -0.771. The van der Waals surface area contributed by atoms with Gasteiger partial charge in [-0.2, -0.15) is 0 Å². The van der Waals surface area contributed by atoms with E-state index in [1.165, 1.54) is 70.6 Å². The Bertz CT molecular complexity index is 471. The fourth-order valence-corrected chi connectivity index (χ4v) is 3.01. The van der Waals surface area contributed by atoms with Crippen molar-refractivity contribution < 1.29 is 9.53 Å². The van der Waals surface area contributed by atoms with Crippen molar-refractivity contribution in [3.05, 3.63) is 42.5 Å². The van der Waals surface area contributed by atoms with Crippen LogP contribution in [0.3, 0.4) is 0 Å². The standard InChI is InChI=1S/C24H38O2.Sn.2H/c1-2-3-4-5-6-7-8-9-10-11-12-13-14-15-19-22-24(25)26-23-20-17-16-18-21-23;;;/h9-10,16-18,20-21H,2-8,11-15,19,22H2,1H3;;;. The first kappa shape index (κ1) is 26.2. The van der Waals surface area contributed by atoms with Crippen LogP contribution in [0.5, 0.6) is 5.75 Å². The third-order valence-electron chi connectivity index (χ3n) is 4.62. The van der Waals surface area contributed by atoms with Crippen LogP contribution in [-0.4, -0.2) is 29.9 Å². The Balaban J connectivity index is 0.00000676. The van der Waals surface area contributed by atoms with Crippen LogP contribution >= 0.6 is 0 Å². The number of esters is 1. The molecule has 0 unspecified atom stereocenters. The number of hydrogen-bond acceptors (Lipinski definition) is 2. The SMILES string of the molecule is CCCCCCCCC=CCCCCCCCC(=O)Oc1ccccc1.[SnH2]. The number of ether oxygens (including phenoxy) is 1. The molecule has 27 heavy (non-hydrogen) atoms. The van der Waals surface area contributed by atoms with Crippen LogP contribution in [0.1, 0.15) is 96.8 Å². The normalized spacial score (nSPS) is 10.7. The predicted molar refractivity (Wildman–Crippen MR) is 120 cm³/mol. The van der Waals surface area contributed by atoms with Gasteiger partial charge in [0.15, 0.2) is 0 Å². The second-order valence-electron chi connectivity index (χ2n) is 7.12. The monoisotopic (exact) mass is 480 g/mol. The number of unbranched alkanes of at least 4 members (excludes halogenated alkanes) is 11. The van der Waals surface area contributed by atoms with Crippen molar-refractivity contribution in [2.24, 2.45) is 0 Å². The van der Waals surface area contributed by atoms with Crippen molar-refractivity contribution in [1.29, 1.82) is 0 Å². The molecule has 2 nitrogen and oxygen atoms in total. The Labute approximate surface area is 184 Å². The van der Waals surface area contributed by atoms with Crippen LogP contribution < -0.4 is 4.74 Å². The minimum absolute atomic E-state index is 0. The maximum atomic E-state index is 11.7. The van der Waals surface area contributed by atoms with E-state index >= 15 is 0 Å². The molecule has 0 heterocycles. The summed E-state index contributed by atoms with van der Waals surface area (Å²) in [5.41, 5.74) is 0. The van der Waals surface area contributed by atoms with E-state index in [4.69, 9.17) is 4.74 Å². The van der Waals surface area contributed by atoms with Crippen molar-refractivity contribution in [3.8, 4) is 5.75 Å². The van der Waals surface area contributed by atoms with Gasteiger partial charge in [0.05, 0.1) is 0 Å². The van der Waals surface area contributed by atoms with Crippen molar-refractivity contribution in [2.45, 2.75) is 96.8 Å². The molecule has 2 radical (unpaired) electrons. The van der Waals surface area contributed by atoms with Gasteiger partial charge >= 0.3 is 29.9 Å². The van der Waals surface area contributed by atoms with E-state index in [1.807, 2.05) is 30.3 Å². The average molecular weight is 479 g/mol. The molecule has 0 bridgehead atoms. The van der Waals surface area contributed by atoms with E-state index in [0.29, 0.717) is 12.2 Å². The van der Waals surface area contributed by atoms with Crippen LogP contribution in [0, 0.1) is 0 Å². The van der Waals surface area contributed by atoms with Crippen molar-refractivity contribution in [3.63, 3.8) is 0 Å². The summed E-state index contributed by atoms with van der Waals surface area (Å²) in [4.78, 5) is 11.7. The minimum atomic E-state index is -0.117. The fraction of sp³-hybridized carbons (Fsp3) is 0.625. The zero-order valence-corrected chi connectivity index (χ0v) is 21.5. The molecule has 1 aromatic rings. The molecule has 1 aromatic carbocycles. The summed E-state index contributed by atoms with van der Waals surface area (Å²) in [7, 11) is 0. The molecule has 0 fully saturated rings. The summed E-state index contributed by atoms with van der Waals surface area (Å²) in [6.07, 6.45) is 21.7. The van der Waals surface area contributed by atoms with E-state index in [2.05, 4.69) is 19.1 Å². The molecule has 0 amide bonds. The van der Waals surface area contributed by atoms with Crippen molar-refractivity contribution in [1.82, 2.24) is 0 Å². The van der Waals surface area contributed by atoms with E-state index in [1.54, 1.807) is 0 Å². The molecule has 0 aliphatic heterocycles. The topological polar surface area (TPSA) is 26.3 Å². The summed E-state index contributed by atoms with van der Waals surface area (Å²) in [5.74, 6) is 0.527. The van der Waals surface area contributed by atoms with Crippen LogP contribution in [0.2, 0.25) is 0 Å². The number of allylic oxidation sites excluding steroid dienone is 2. The molecule has 0 spiro atoms. The van der Waals surface area contributed by atoms with Gasteiger partial charge in [0.25, 0.3) is 0 Å². The Kier molecular flexibility index (Phi) is 19.4. The van der Waals surface area contributed by atoms with Gasteiger partial charge in [-0.3, -0.25) is 4.79 Å². The Morgan fingerprint density at radius 3 is 1.89 bits per heavy atom. The average Bonchev–Trinajstić information content (AvgIpc) is 2.65. The molecule has 0 saturated heterocycles. The first-order valence-electron chi connectivity index (χ1n) is 10.7. The number of carbonyl (C=O) groups is 1. The van der Waals surface area contributed by atoms with Gasteiger partial charge in [0, 0.05) is 6.42 Å². The molecule has 0 atom stereocenters. The van der Waals surface area contributed by atoms with Crippen LogP contribution in [0.25, 0.3) is 0 Å². The second-order valence-corrected chi connectivity index (χ2v) is 7.12. The molecular weight excluding hydrogens is 439 g/mol. The van der Waals surface area contributed by atoms with E-state index in [-0.39, 0.29) is 29.9 Å². The quantitative estimate of drug-likeness (QED) is 0.0866. The van der Waals surface area contributed by atoms with Gasteiger partial charge in [-0.1, -0.05) is 88.6 Å². The molecule has 0 aliphatic carbocycles. The maximum absolute atomic E-state index is 11.7. The zero-order chi connectivity index (χ0) is 18.7. The number of hydrogen-bond donors (Lipinski definition) is 0. The zero-order valence-electron chi connectivity index (χ0n) is 17.5. The van der Waals surface area contributed by atoms with E-state index in [0.717, 1.165) is 12.8 Å². The molecular formula is C24H40O2Sn. The number of benzene rings is 1. The molecule has 0 saturated carbocycles. The summed E-state index contributed by atoms with van der Waals surface area (Å²) >= 11 is 0. The van der Waals surface area contributed by atoms with Crippen LogP contribution in [0.15, 0.2) is 42.5 Å². The number of rotatable bonds is 16.